The molecule has 0 saturated heterocycles. The van der Waals surface area contributed by atoms with Gasteiger partial charge in [-0.2, -0.15) is 0 Å². The smallest absolute Gasteiger partial charge is 0.266 e. The van der Waals surface area contributed by atoms with Gasteiger partial charge in [0.2, 0.25) is 0 Å². The predicted octanol–water partition coefficient (Wildman–Crippen LogP) is 0.627. The number of unbranched alkanes of at least 4 members (excludes halogenated alkanes) is 1. The Morgan fingerprint density at radius 3 is 2.60 bits per heavy atom. The van der Waals surface area contributed by atoms with E-state index in [-0.39, 0.29) is 6.61 Å². The second kappa shape index (κ2) is 6.74. The van der Waals surface area contributed by atoms with Crippen molar-refractivity contribution in [1.29, 1.82) is 0 Å². The van der Waals surface area contributed by atoms with Crippen LogP contribution >= 0.6 is 0 Å². The monoisotopic (exact) mass is 146 g/mol. The van der Waals surface area contributed by atoms with Crippen LogP contribution in [-0.4, -0.2) is 23.3 Å². The summed E-state index contributed by atoms with van der Waals surface area (Å²) in [5, 5.41) is 16.4. The van der Waals surface area contributed by atoms with Crippen LogP contribution in [0.5, 0.6) is 0 Å². The van der Waals surface area contributed by atoms with Crippen molar-refractivity contribution in [3.63, 3.8) is 0 Å². The highest BCUT2D eigenvalue weighted by Gasteiger charge is 1.90. The van der Waals surface area contributed by atoms with E-state index in [2.05, 4.69) is 11.7 Å². The van der Waals surface area contributed by atoms with Crippen LogP contribution in [-0.2, 0) is 4.74 Å². The van der Waals surface area contributed by atoms with Gasteiger partial charge in [-0.1, -0.05) is 25.5 Å². The van der Waals surface area contributed by atoms with Gasteiger partial charge in [-0.15, -0.1) is 0 Å². The minimum Gasteiger partial charge on any atom is -0.346 e. The van der Waals surface area contributed by atoms with E-state index in [0.29, 0.717) is 0 Å². The van der Waals surface area contributed by atoms with Gasteiger partial charge in [0.05, 0.1) is 6.61 Å². The largest absolute Gasteiger partial charge is 0.346 e. The van der Waals surface area contributed by atoms with Crippen molar-refractivity contribution in [1.82, 2.24) is 0 Å². The van der Waals surface area contributed by atoms with E-state index in [9.17, 15) is 0 Å². The molecule has 0 bridgehead atoms. The molecule has 0 spiro atoms. The van der Waals surface area contributed by atoms with Gasteiger partial charge in [0.15, 0.2) is 0 Å². The Bertz CT molecular complexity index is 88.9. The molecule has 0 radical (unpaired) electrons. The summed E-state index contributed by atoms with van der Waals surface area (Å²) in [5.74, 6) is 0. The van der Waals surface area contributed by atoms with Crippen LogP contribution in [0.1, 0.15) is 19.8 Å². The lowest BCUT2D eigenvalue weighted by molar-refractivity contribution is -0.227. The van der Waals surface area contributed by atoms with E-state index in [1.165, 1.54) is 0 Å². The summed E-state index contributed by atoms with van der Waals surface area (Å²) in [6.45, 7) is 0.690. The topological polar surface area (TPSA) is 49.7 Å². The van der Waals surface area contributed by atoms with Crippen molar-refractivity contribution in [3.8, 4) is 0 Å². The van der Waals surface area contributed by atoms with Crippen LogP contribution in [0.3, 0.4) is 0 Å². The van der Waals surface area contributed by atoms with Crippen molar-refractivity contribution in [3.05, 3.63) is 12.2 Å². The lowest BCUT2D eigenvalue weighted by Crippen LogP contribution is -2.09. The summed E-state index contributed by atoms with van der Waals surface area (Å²) in [6, 6.07) is 0. The Labute approximate surface area is 60.9 Å². The molecule has 0 saturated carbocycles. The predicted molar refractivity (Wildman–Crippen MR) is 38.2 cm³/mol. The zero-order chi connectivity index (χ0) is 7.82. The summed E-state index contributed by atoms with van der Waals surface area (Å²) in [5.41, 5.74) is 0. The number of rotatable bonds is 5. The first kappa shape index (κ1) is 9.62. The van der Waals surface area contributed by atoms with E-state index in [1.54, 1.807) is 6.08 Å². The number of aliphatic hydroxyl groups is 2. The Hall–Kier alpha value is -0.380. The van der Waals surface area contributed by atoms with Gasteiger partial charge in [0, 0.05) is 0 Å². The minimum absolute atomic E-state index is 0.262. The molecular formula is C7H14O3. The maximum absolute atomic E-state index is 8.21. The SMILES string of the molecule is CCC/C=C/COC(O)O. The van der Waals surface area contributed by atoms with Crippen molar-refractivity contribution in [2.45, 2.75) is 26.2 Å². The highest BCUT2D eigenvalue weighted by molar-refractivity contribution is 4.80. The lowest BCUT2D eigenvalue weighted by atomic mass is 10.3. The second-order valence-electron chi connectivity index (χ2n) is 1.92. The highest BCUT2D eigenvalue weighted by atomic mass is 16.7. The molecule has 0 aromatic carbocycles. The fourth-order valence-electron chi connectivity index (χ4n) is 0.494. The molecule has 0 aromatic heterocycles. The van der Waals surface area contributed by atoms with Crippen molar-refractivity contribution in [2.75, 3.05) is 6.61 Å². The summed E-state index contributed by atoms with van der Waals surface area (Å²) >= 11 is 0. The molecule has 0 atom stereocenters. The Balaban J connectivity index is 3.02. The van der Waals surface area contributed by atoms with Crippen LogP contribution < -0.4 is 0 Å². The normalized spacial score (nSPS) is 11.6. The third-order valence-corrected chi connectivity index (χ3v) is 0.964. The van der Waals surface area contributed by atoms with Crippen LogP contribution in [0.15, 0.2) is 12.2 Å². The first-order valence-electron chi connectivity index (χ1n) is 3.40. The van der Waals surface area contributed by atoms with Gasteiger partial charge in [0.1, 0.15) is 0 Å². The van der Waals surface area contributed by atoms with Gasteiger partial charge in [-0.3, -0.25) is 0 Å². The van der Waals surface area contributed by atoms with E-state index >= 15 is 0 Å². The molecule has 10 heavy (non-hydrogen) atoms. The molecule has 0 rings (SSSR count). The highest BCUT2D eigenvalue weighted by Crippen LogP contribution is 1.89. The molecule has 0 aliphatic carbocycles. The van der Waals surface area contributed by atoms with E-state index < -0.39 is 6.48 Å². The maximum Gasteiger partial charge on any atom is 0.266 e. The molecule has 60 valence electrons. The van der Waals surface area contributed by atoms with Crippen molar-refractivity contribution >= 4 is 0 Å². The fraction of sp³-hybridized carbons (Fsp3) is 0.714. The zero-order valence-electron chi connectivity index (χ0n) is 6.16. The van der Waals surface area contributed by atoms with Crippen LogP contribution in [0, 0.1) is 0 Å². The third kappa shape index (κ3) is 7.62. The summed E-state index contributed by atoms with van der Waals surface area (Å²) in [6.07, 6.45) is 5.81. The number of ether oxygens (including phenoxy) is 1. The summed E-state index contributed by atoms with van der Waals surface area (Å²) in [7, 11) is 0. The van der Waals surface area contributed by atoms with E-state index in [0.717, 1.165) is 12.8 Å². The second-order valence-corrected chi connectivity index (χ2v) is 1.92. The number of allylic oxidation sites excluding steroid dienone is 1. The number of aliphatic hydroxyl groups excluding tert-OH is 1. The van der Waals surface area contributed by atoms with Crippen molar-refractivity contribution < 1.29 is 14.9 Å². The first-order chi connectivity index (χ1) is 4.77. The van der Waals surface area contributed by atoms with Gasteiger partial charge >= 0.3 is 0 Å². The molecule has 0 amide bonds. The molecule has 0 heterocycles. The standard InChI is InChI=1S/C7H14O3/c1-2-3-4-5-6-10-7(8)9/h4-5,7-9H,2-3,6H2,1H3/b5-4+. The van der Waals surface area contributed by atoms with Crippen LogP contribution in [0.4, 0.5) is 0 Å². The minimum atomic E-state index is -1.65. The quantitative estimate of drug-likeness (QED) is 0.441. The molecule has 3 heteroatoms. The Kier molecular flexibility index (Phi) is 6.48. The van der Waals surface area contributed by atoms with Crippen molar-refractivity contribution in [2.24, 2.45) is 0 Å². The first-order valence-corrected chi connectivity index (χ1v) is 3.40. The van der Waals surface area contributed by atoms with Gasteiger partial charge in [-0.25, -0.2) is 0 Å². The average molecular weight is 146 g/mol. The maximum atomic E-state index is 8.21. The van der Waals surface area contributed by atoms with E-state index in [1.807, 2.05) is 6.08 Å². The lowest BCUT2D eigenvalue weighted by Gasteiger charge is -1.99. The fourth-order valence-corrected chi connectivity index (χ4v) is 0.494. The number of hydrogen-bond acceptors (Lipinski definition) is 3. The van der Waals surface area contributed by atoms with Gasteiger partial charge in [0.25, 0.3) is 6.48 Å². The molecule has 0 aliphatic rings. The zero-order valence-corrected chi connectivity index (χ0v) is 6.16. The summed E-state index contributed by atoms with van der Waals surface area (Å²) in [4.78, 5) is 0. The third-order valence-electron chi connectivity index (χ3n) is 0.964. The van der Waals surface area contributed by atoms with Gasteiger partial charge < -0.3 is 14.9 Å². The molecule has 3 nitrogen and oxygen atoms in total. The molecular weight excluding hydrogens is 132 g/mol. The summed E-state index contributed by atoms with van der Waals surface area (Å²) < 4.78 is 4.41. The number of hydrogen-bond donors (Lipinski definition) is 2. The molecule has 2 N–H and O–H groups in total. The molecule has 0 fully saturated rings. The molecule has 0 aromatic rings. The van der Waals surface area contributed by atoms with Gasteiger partial charge in [-0.05, 0) is 6.42 Å². The molecule has 0 aliphatic heterocycles. The Morgan fingerprint density at radius 2 is 2.10 bits per heavy atom. The van der Waals surface area contributed by atoms with Crippen LogP contribution in [0.25, 0.3) is 0 Å². The average Bonchev–Trinajstić information content (AvgIpc) is 1.87. The van der Waals surface area contributed by atoms with E-state index in [4.69, 9.17) is 10.2 Å². The molecule has 0 unspecified atom stereocenters. The van der Waals surface area contributed by atoms with Crippen LogP contribution in [0.2, 0.25) is 0 Å². The Morgan fingerprint density at radius 1 is 1.40 bits per heavy atom.